The summed E-state index contributed by atoms with van der Waals surface area (Å²) < 4.78 is 0. The van der Waals surface area contributed by atoms with Crippen molar-refractivity contribution in [1.82, 2.24) is 0 Å². The summed E-state index contributed by atoms with van der Waals surface area (Å²) in [5.74, 6) is -0.371. The average Bonchev–Trinajstić information content (AvgIpc) is 2.37. The number of allylic oxidation sites excluding steroid dienone is 1. The zero-order valence-corrected chi connectivity index (χ0v) is 12.5. The van der Waals surface area contributed by atoms with Crippen LogP contribution in [-0.4, -0.2) is 11.1 Å². The second kappa shape index (κ2) is 10.2. The number of hydrogen-bond acceptors (Lipinski definition) is 1. The van der Waals surface area contributed by atoms with Crippen molar-refractivity contribution < 1.29 is 9.90 Å². The molecule has 2 nitrogen and oxygen atoms in total. The van der Waals surface area contributed by atoms with Crippen molar-refractivity contribution in [2.45, 2.75) is 72.6 Å². The zero-order chi connectivity index (χ0) is 14.0. The third-order valence-corrected chi connectivity index (χ3v) is 3.69. The predicted molar refractivity (Wildman–Crippen MR) is 77.7 cm³/mol. The van der Waals surface area contributed by atoms with Crippen molar-refractivity contribution in [1.29, 1.82) is 0 Å². The van der Waals surface area contributed by atoms with E-state index in [1.807, 2.05) is 6.92 Å². The first-order valence-corrected chi connectivity index (χ1v) is 7.48. The number of carboxylic acid groups (broad SMARTS) is 1. The molecule has 2 heteroatoms. The summed E-state index contributed by atoms with van der Waals surface area (Å²) in [6.07, 6.45) is 10.1. The average molecular weight is 254 g/mol. The monoisotopic (exact) mass is 254 g/mol. The maximum atomic E-state index is 11.1. The first kappa shape index (κ1) is 17.2. The van der Waals surface area contributed by atoms with Crippen molar-refractivity contribution in [3.63, 3.8) is 0 Å². The molecule has 0 rings (SSSR count). The quantitative estimate of drug-likeness (QED) is 0.554. The lowest BCUT2D eigenvalue weighted by Crippen LogP contribution is -2.15. The molecule has 0 aliphatic heterocycles. The Hall–Kier alpha value is -0.790. The minimum Gasteiger partial charge on any atom is -0.481 e. The van der Waals surface area contributed by atoms with Crippen LogP contribution in [0, 0.1) is 11.8 Å². The Morgan fingerprint density at radius 3 is 2.33 bits per heavy atom. The van der Waals surface area contributed by atoms with Gasteiger partial charge in [-0.1, -0.05) is 64.5 Å². The van der Waals surface area contributed by atoms with Crippen LogP contribution < -0.4 is 0 Å². The predicted octanol–water partition coefficient (Wildman–Crippen LogP) is 5.04. The van der Waals surface area contributed by atoms with E-state index in [2.05, 4.69) is 26.8 Å². The lowest BCUT2D eigenvalue weighted by atomic mass is 9.86. The van der Waals surface area contributed by atoms with Crippen LogP contribution in [0.2, 0.25) is 0 Å². The molecule has 0 heterocycles. The summed E-state index contributed by atoms with van der Waals surface area (Å²) in [6, 6.07) is 0. The van der Waals surface area contributed by atoms with Crippen LogP contribution in [0.3, 0.4) is 0 Å². The third kappa shape index (κ3) is 6.83. The highest BCUT2D eigenvalue weighted by molar-refractivity contribution is 5.73. The lowest BCUT2D eigenvalue weighted by Gasteiger charge is -2.19. The van der Waals surface area contributed by atoms with Crippen LogP contribution in [0.25, 0.3) is 0 Å². The maximum absolute atomic E-state index is 11.1. The molecule has 2 unspecified atom stereocenters. The molecule has 0 aromatic heterocycles. The van der Waals surface area contributed by atoms with E-state index >= 15 is 0 Å². The van der Waals surface area contributed by atoms with Gasteiger partial charge in [0.15, 0.2) is 0 Å². The Labute approximate surface area is 112 Å². The van der Waals surface area contributed by atoms with Gasteiger partial charge in [-0.05, 0) is 25.7 Å². The largest absolute Gasteiger partial charge is 0.481 e. The molecular weight excluding hydrogens is 224 g/mol. The van der Waals surface area contributed by atoms with Crippen LogP contribution in [-0.2, 0) is 4.79 Å². The molecule has 0 aliphatic rings. The number of unbranched alkanes of at least 4 members (excludes halogenated alkanes) is 2. The molecule has 1 N–H and O–H groups in total. The molecular formula is C16H30O2. The third-order valence-electron chi connectivity index (χ3n) is 3.69. The number of rotatable bonds is 10. The summed E-state index contributed by atoms with van der Waals surface area (Å²) in [5, 5.41) is 9.17. The van der Waals surface area contributed by atoms with Gasteiger partial charge in [0.05, 0.1) is 5.92 Å². The van der Waals surface area contributed by atoms with Gasteiger partial charge >= 0.3 is 5.97 Å². The van der Waals surface area contributed by atoms with Crippen molar-refractivity contribution in [3.05, 3.63) is 11.6 Å². The Balaban J connectivity index is 4.60. The van der Waals surface area contributed by atoms with Crippen LogP contribution in [0.5, 0.6) is 0 Å². The maximum Gasteiger partial charge on any atom is 0.310 e. The lowest BCUT2D eigenvalue weighted by molar-refractivity contribution is -0.139. The highest BCUT2D eigenvalue weighted by Gasteiger charge is 2.19. The van der Waals surface area contributed by atoms with Crippen molar-refractivity contribution in [2.24, 2.45) is 11.8 Å². The Kier molecular flexibility index (Phi) is 9.72. The van der Waals surface area contributed by atoms with Gasteiger partial charge in [0.2, 0.25) is 0 Å². The first-order valence-electron chi connectivity index (χ1n) is 7.48. The Morgan fingerprint density at radius 1 is 1.22 bits per heavy atom. The van der Waals surface area contributed by atoms with E-state index in [1.165, 1.54) is 19.3 Å². The number of carboxylic acids is 1. The van der Waals surface area contributed by atoms with Crippen molar-refractivity contribution >= 4 is 5.97 Å². The normalized spacial score (nSPS) is 15.4. The first-order chi connectivity index (χ1) is 8.56. The van der Waals surface area contributed by atoms with E-state index in [0.717, 1.165) is 31.3 Å². The number of aliphatic carboxylic acids is 1. The molecule has 106 valence electrons. The van der Waals surface area contributed by atoms with Gasteiger partial charge in [-0.15, -0.1) is 0 Å². The molecule has 0 aromatic carbocycles. The van der Waals surface area contributed by atoms with Crippen molar-refractivity contribution in [2.75, 3.05) is 0 Å². The van der Waals surface area contributed by atoms with Crippen LogP contribution in [0.4, 0.5) is 0 Å². The highest BCUT2D eigenvalue weighted by Crippen LogP contribution is 2.26. The molecule has 0 bridgehead atoms. The fraction of sp³-hybridized carbons (Fsp3) is 0.812. The minimum atomic E-state index is -0.692. The number of hydrogen-bond donors (Lipinski definition) is 1. The van der Waals surface area contributed by atoms with Gasteiger partial charge in [-0.3, -0.25) is 4.79 Å². The fourth-order valence-electron chi connectivity index (χ4n) is 2.20. The molecule has 0 aliphatic carbocycles. The van der Waals surface area contributed by atoms with Crippen molar-refractivity contribution in [3.8, 4) is 0 Å². The van der Waals surface area contributed by atoms with Crippen LogP contribution in [0.1, 0.15) is 72.6 Å². The Morgan fingerprint density at radius 2 is 1.89 bits per heavy atom. The van der Waals surface area contributed by atoms with E-state index in [9.17, 15) is 9.90 Å². The van der Waals surface area contributed by atoms with E-state index in [-0.39, 0.29) is 5.92 Å². The summed E-state index contributed by atoms with van der Waals surface area (Å²) in [4.78, 5) is 11.1. The van der Waals surface area contributed by atoms with Gasteiger partial charge in [0, 0.05) is 0 Å². The second-order valence-corrected chi connectivity index (χ2v) is 5.25. The van der Waals surface area contributed by atoms with E-state index < -0.39 is 5.97 Å². The van der Waals surface area contributed by atoms with Gasteiger partial charge in [-0.2, -0.15) is 0 Å². The minimum absolute atomic E-state index is 0.327. The molecule has 0 radical (unpaired) electrons. The van der Waals surface area contributed by atoms with Crippen LogP contribution in [0.15, 0.2) is 11.6 Å². The topological polar surface area (TPSA) is 37.3 Å². The van der Waals surface area contributed by atoms with E-state index in [0.29, 0.717) is 5.92 Å². The van der Waals surface area contributed by atoms with Gasteiger partial charge < -0.3 is 5.11 Å². The second-order valence-electron chi connectivity index (χ2n) is 5.25. The Bertz CT molecular complexity index is 256. The molecule has 0 spiro atoms. The molecule has 18 heavy (non-hydrogen) atoms. The molecule has 0 amide bonds. The van der Waals surface area contributed by atoms with Gasteiger partial charge in [-0.25, -0.2) is 0 Å². The molecule has 0 saturated heterocycles. The summed E-state index contributed by atoms with van der Waals surface area (Å²) >= 11 is 0. The van der Waals surface area contributed by atoms with Gasteiger partial charge in [0.1, 0.15) is 0 Å². The molecule has 0 saturated carbocycles. The van der Waals surface area contributed by atoms with E-state index in [4.69, 9.17) is 0 Å². The molecule has 0 aromatic rings. The summed E-state index contributed by atoms with van der Waals surface area (Å²) in [7, 11) is 0. The molecule has 0 fully saturated rings. The zero-order valence-electron chi connectivity index (χ0n) is 12.5. The van der Waals surface area contributed by atoms with Crippen LogP contribution >= 0.6 is 0 Å². The fourth-order valence-corrected chi connectivity index (χ4v) is 2.20. The number of carbonyl (C=O) groups is 1. The van der Waals surface area contributed by atoms with E-state index in [1.54, 1.807) is 0 Å². The highest BCUT2D eigenvalue weighted by atomic mass is 16.4. The van der Waals surface area contributed by atoms with Gasteiger partial charge in [0.25, 0.3) is 0 Å². The molecule has 2 atom stereocenters. The SMILES string of the molecule is CCCC=C(CC(CC)CCCC)C(C)C(=O)O. The smallest absolute Gasteiger partial charge is 0.310 e. The summed E-state index contributed by atoms with van der Waals surface area (Å²) in [5.41, 5.74) is 1.13. The standard InChI is InChI=1S/C16H30O2/c1-5-8-10-14(7-3)12-15(11-9-6-2)13(4)16(17)18/h11,13-14H,5-10,12H2,1-4H3,(H,17,18). The summed E-state index contributed by atoms with van der Waals surface area (Å²) in [6.45, 7) is 8.37.